The van der Waals surface area contributed by atoms with E-state index in [0.29, 0.717) is 6.04 Å². The molecule has 0 amide bonds. The molecule has 0 radical (unpaired) electrons. The molecule has 1 fully saturated rings. The molecule has 1 nitrogen and oxygen atoms in total. The summed E-state index contributed by atoms with van der Waals surface area (Å²) in [7, 11) is 0. The monoisotopic (exact) mass is 253 g/mol. The summed E-state index contributed by atoms with van der Waals surface area (Å²) in [4.78, 5) is 0. The number of aryl methyl sites for hydroxylation is 2. The molecular weight excluding hydrogens is 230 g/mol. The summed E-state index contributed by atoms with van der Waals surface area (Å²) >= 11 is 0. The summed E-state index contributed by atoms with van der Waals surface area (Å²) in [6.07, 6.45) is 9.13. The van der Waals surface area contributed by atoms with Crippen LogP contribution in [0.2, 0.25) is 0 Å². The highest BCUT2D eigenvalue weighted by Gasteiger charge is 2.17. The highest BCUT2D eigenvalue weighted by Crippen LogP contribution is 2.33. The van der Waals surface area contributed by atoms with Crippen LogP contribution in [0.1, 0.15) is 49.3 Å². The van der Waals surface area contributed by atoms with E-state index in [4.69, 9.17) is 0 Å². The minimum Gasteiger partial charge on any atom is -0.344 e. The Labute approximate surface area is 116 Å². The van der Waals surface area contributed by atoms with Crippen molar-refractivity contribution in [1.29, 1.82) is 0 Å². The molecule has 0 saturated heterocycles. The van der Waals surface area contributed by atoms with Crippen LogP contribution in [0.5, 0.6) is 0 Å². The number of aromatic nitrogens is 1. The van der Waals surface area contributed by atoms with Crippen LogP contribution in [0.25, 0.3) is 11.3 Å². The Hall–Kier alpha value is -1.50. The average Bonchev–Trinajstić information content (AvgIpc) is 2.88. The fourth-order valence-electron chi connectivity index (χ4n) is 3.44. The normalized spacial score (nSPS) is 16.7. The summed E-state index contributed by atoms with van der Waals surface area (Å²) in [5.41, 5.74) is 5.46. The quantitative estimate of drug-likeness (QED) is 0.686. The van der Waals surface area contributed by atoms with Gasteiger partial charge in [0, 0.05) is 17.9 Å². The Balaban J connectivity index is 1.98. The van der Waals surface area contributed by atoms with E-state index in [9.17, 15) is 0 Å². The van der Waals surface area contributed by atoms with E-state index in [2.05, 4.69) is 54.9 Å². The second-order valence-electron chi connectivity index (χ2n) is 5.97. The molecule has 0 unspecified atom stereocenters. The third-order valence-electron chi connectivity index (χ3n) is 4.26. The minimum atomic E-state index is 0.708. The molecule has 1 aliphatic carbocycles. The van der Waals surface area contributed by atoms with Gasteiger partial charge in [0.05, 0.1) is 0 Å². The standard InChI is InChI=1S/C18H23N/c1-14-11-15(2)13-16(12-14)18-9-6-10-19(18)17-7-4-3-5-8-17/h6,9-13,17H,3-5,7-8H2,1-2H3. The maximum atomic E-state index is 2.51. The topological polar surface area (TPSA) is 4.93 Å². The third-order valence-corrected chi connectivity index (χ3v) is 4.26. The van der Waals surface area contributed by atoms with Gasteiger partial charge >= 0.3 is 0 Å². The maximum absolute atomic E-state index is 2.51. The lowest BCUT2D eigenvalue weighted by Crippen LogP contribution is -2.12. The van der Waals surface area contributed by atoms with Gasteiger partial charge in [-0.25, -0.2) is 0 Å². The van der Waals surface area contributed by atoms with E-state index >= 15 is 0 Å². The van der Waals surface area contributed by atoms with Crippen molar-refractivity contribution in [2.24, 2.45) is 0 Å². The summed E-state index contributed by atoms with van der Waals surface area (Å²) in [6, 6.07) is 12.0. The first-order valence-corrected chi connectivity index (χ1v) is 7.49. The van der Waals surface area contributed by atoms with E-state index in [0.717, 1.165) is 0 Å². The molecule has 0 bridgehead atoms. The van der Waals surface area contributed by atoms with Gasteiger partial charge in [0.15, 0.2) is 0 Å². The van der Waals surface area contributed by atoms with E-state index < -0.39 is 0 Å². The fraction of sp³-hybridized carbons (Fsp3) is 0.444. The average molecular weight is 253 g/mol. The van der Waals surface area contributed by atoms with Crippen molar-refractivity contribution in [3.63, 3.8) is 0 Å². The smallest absolute Gasteiger partial charge is 0.0483 e. The summed E-state index contributed by atoms with van der Waals surface area (Å²) in [5, 5.41) is 0. The van der Waals surface area contributed by atoms with Crippen LogP contribution in [-0.2, 0) is 0 Å². The highest BCUT2D eigenvalue weighted by molar-refractivity contribution is 5.62. The molecule has 100 valence electrons. The van der Waals surface area contributed by atoms with Crippen LogP contribution in [0.15, 0.2) is 36.5 Å². The predicted molar refractivity (Wildman–Crippen MR) is 81.5 cm³/mol. The zero-order chi connectivity index (χ0) is 13.2. The number of hydrogen-bond acceptors (Lipinski definition) is 0. The zero-order valence-corrected chi connectivity index (χ0v) is 12.0. The van der Waals surface area contributed by atoms with Crippen LogP contribution in [-0.4, -0.2) is 4.57 Å². The van der Waals surface area contributed by atoms with Gasteiger partial charge in [0.25, 0.3) is 0 Å². The van der Waals surface area contributed by atoms with Crippen molar-refractivity contribution < 1.29 is 0 Å². The van der Waals surface area contributed by atoms with Crippen molar-refractivity contribution in [3.8, 4) is 11.3 Å². The summed E-state index contributed by atoms with van der Waals surface area (Å²) in [5.74, 6) is 0. The summed E-state index contributed by atoms with van der Waals surface area (Å²) in [6.45, 7) is 4.37. The van der Waals surface area contributed by atoms with E-state index in [1.54, 1.807) is 0 Å². The van der Waals surface area contributed by atoms with E-state index in [1.807, 2.05) is 0 Å². The molecule has 0 spiro atoms. The molecule has 1 heteroatoms. The van der Waals surface area contributed by atoms with Crippen molar-refractivity contribution in [2.75, 3.05) is 0 Å². The predicted octanol–water partition coefficient (Wildman–Crippen LogP) is 5.28. The van der Waals surface area contributed by atoms with Gasteiger partial charge in [-0.15, -0.1) is 0 Å². The van der Waals surface area contributed by atoms with Crippen molar-refractivity contribution in [1.82, 2.24) is 4.57 Å². The maximum Gasteiger partial charge on any atom is 0.0483 e. The van der Waals surface area contributed by atoms with Crippen molar-refractivity contribution in [2.45, 2.75) is 52.0 Å². The molecule has 1 aliphatic rings. The van der Waals surface area contributed by atoms with E-state index in [-0.39, 0.29) is 0 Å². The fourth-order valence-corrected chi connectivity index (χ4v) is 3.44. The van der Waals surface area contributed by atoms with Crippen molar-refractivity contribution >= 4 is 0 Å². The largest absolute Gasteiger partial charge is 0.344 e. The first-order valence-electron chi connectivity index (χ1n) is 7.49. The van der Waals surface area contributed by atoms with Crippen LogP contribution < -0.4 is 0 Å². The van der Waals surface area contributed by atoms with Crippen LogP contribution in [0, 0.1) is 13.8 Å². The van der Waals surface area contributed by atoms with Crippen LogP contribution >= 0.6 is 0 Å². The number of rotatable bonds is 2. The molecule has 1 heterocycles. The molecule has 0 N–H and O–H groups in total. The number of hydrogen-bond donors (Lipinski definition) is 0. The van der Waals surface area contributed by atoms with Gasteiger partial charge in [-0.1, -0.05) is 36.5 Å². The Bertz CT molecular complexity index is 539. The lowest BCUT2D eigenvalue weighted by molar-refractivity contribution is 0.356. The van der Waals surface area contributed by atoms with Gasteiger partial charge in [-0.05, 0) is 56.5 Å². The Morgan fingerprint density at radius 3 is 2.32 bits per heavy atom. The van der Waals surface area contributed by atoms with Crippen LogP contribution in [0.3, 0.4) is 0 Å². The molecule has 1 aromatic carbocycles. The third kappa shape index (κ3) is 2.60. The molecule has 19 heavy (non-hydrogen) atoms. The Morgan fingerprint density at radius 1 is 0.947 bits per heavy atom. The Kier molecular flexibility index (Phi) is 3.46. The molecule has 1 aromatic heterocycles. The molecule has 0 aliphatic heterocycles. The number of nitrogens with zero attached hydrogens (tertiary/aromatic N) is 1. The summed E-state index contributed by atoms with van der Waals surface area (Å²) < 4.78 is 2.51. The lowest BCUT2D eigenvalue weighted by Gasteiger charge is -2.25. The second-order valence-corrected chi connectivity index (χ2v) is 5.97. The van der Waals surface area contributed by atoms with Gasteiger partial charge < -0.3 is 4.57 Å². The Morgan fingerprint density at radius 2 is 1.63 bits per heavy atom. The van der Waals surface area contributed by atoms with Crippen molar-refractivity contribution in [3.05, 3.63) is 47.7 Å². The van der Waals surface area contributed by atoms with E-state index in [1.165, 1.54) is 54.5 Å². The molecule has 2 aromatic rings. The van der Waals surface area contributed by atoms with Gasteiger partial charge in [0.2, 0.25) is 0 Å². The molecular formula is C18H23N. The molecule has 0 atom stereocenters. The molecule has 3 rings (SSSR count). The first-order chi connectivity index (χ1) is 9.24. The zero-order valence-electron chi connectivity index (χ0n) is 12.0. The van der Waals surface area contributed by atoms with Gasteiger partial charge in [0.1, 0.15) is 0 Å². The van der Waals surface area contributed by atoms with Gasteiger partial charge in [-0.2, -0.15) is 0 Å². The van der Waals surface area contributed by atoms with Crippen LogP contribution in [0.4, 0.5) is 0 Å². The second kappa shape index (κ2) is 5.24. The SMILES string of the molecule is Cc1cc(C)cc(-c2cccn2C2CCCCC2)c1. The number of benzene rings is 1. The highest BCUT2D eigenvalue weighted by atomic mass is 15.0. The minimum absolute atomic E-state index is 0.708. The first kappa shape index (κ1) is 12.5. The molecule has 1 saturated carbocycles. The van der Waals surface area contributed by atoms with Gasteiger partial charge in [-0.3, -0.25) is 0 Å². The lowest BCUT2D eigenvalue weighted by atomic mass is 9.94.